The van der Waals surface area contributed by atoms with Gasteiger partial charge in [0.1, 0.15) is 24.2 Å². The summed E-state index contributed by atoms with van der Waals surface area (Å²) in [7, 11) is 2.28. The molecule has 0 bridgehead atoms. The fraction of sp³-hybridized carbons (Fsp3) is 0.306. The Labute approximate surface area is 312 Å². The molecule has 278 valence electrons. The lowest BCUT2D eigenvalue weighted by atomic mass is 9.98. The van der Waals surface area contributed by atoms with Crippen molar-refractivity contribution in [1.29, 1.82) is 0 Å². The number of aromatic amines is 1. The second-order valence-electron chi connectivity index (χ2n) is 12.4. The number of nitrogens with two attached hydrogens (primary N) is 1. The molecule has 15 nitrogen and oxygen atoms in total. The quantitative estimate of drug-likeness (QED) is 0.125. The van der Waals surface area contributed by atoms with Gasteiger partial charge in [-0.15, -0.1) is 0 Å². The monoisotopic (exact) mass is 760 g/mol. The number of hydrogen-bond donors (Lipinski definition) is 8. The molecular formula is C36H40N8O7S2. The molecule has 0 saturated carbocycles. The van der Waals surface area contributed by atoms with Crippen LogP contribution in [0.25, 0.3) is 21.7 Å². The maximum absolute atomic E-state index is 13.7. The minimum atomic E-state index is -1.18. The molecule has 7 amide bonds. The smallest absolute Gasteiger partial charge is 0.243 e. The van der Waals surface area contributed by atoms with Gasteiger partial charge in [-0.2, -0.15) is 0 Å². The van der Waals surface area contributed by atoms with Crippen molar-refractivity contribution < 1.29 is 33.6 Å². The molecule has 4 atom stereocenters. The van der Waals surface area contributed by atoms with Crippen LogP contribution in [0, 0.1) is 0 Å². The minimum Gasteiger partial charge on any atom is -0.368 e. The molecule has 0 aliphatic carbocycles. The van der Waals surface area contributed by atoms with Crippen molar-refractivity contribution in [2.24, 2.45) is 5.73 Å². The molecule has 4 aromatic rings. The zero-order valence-electron chi connectivity index (χ0n) is 28.7. The second-order valence-corrected chi connectivity index (χ2v) is 14.9. The number of H-pyrrole nitrogens is 1. The van der Waals surface area contributed by atoms with E-state index in [2.05, 4.69) is 36.9 Å². The Morgan fingerprint density at radius 2 is 1.32 bits per heavy atom. The van der Waals surface area contributed by atoms with E-state index >= 15 is 0 Å². The summed E-state index contributed by atoms with van der Waals surface area (Å²) in [5, 5.41) is 18.2. The first-order chi connectivity index (χ1) is 25.5. The number of fused-ring (bicyclic) bond motifs is 2. The molecule has 1 saturated heterocycles. The molecule has 1 aliphatic rings. The number of rotatable bonds is 6. The van der Waals surface area contributed by atoms with E-state index in [1.165, 1.54) is 6.92 Å². The number of carbonyl (C=O) groups is 7. The maximum atomic E-state index is 13.7. The SMILES string of the molecule is CC(=O)NC1CSSCC(C(N)=O)NC(=O)[C@H](Cc2c[nH]c3ccccc23)NC(=O)CNC(=O)C(Cc2cccc3ccccc23)NC(=O)CNC1=O. The Morgan fingerprint density at radius 3 is 2.04 bits per heavy atom. The summed E-state index contributed by atoms with van der Waals surface area (Å²) >= 11 is 0. The predicted octanol–water partition coefficient (Wildman–Crippen LogP) is 0.178. The summed E-state index contributed by atoms with van der Waals surface area (Å²) < 4.78 is 0. The van der Waals surface area contributed by atoms with Crippen LogP contribution in [0.4, 0.5) is 0 Å². The Balaban J connectivity index is 1.41. The van der Waals surface area contributed by atoms with Crippen LogP contribution in [0.3, 0.4) is 0 Å². The van der Waals surface area contributed by atoms with Crippen molar-refractivity contribution in [3.05, 3.63) is 84.1 Å². The number of para-hydroxylation sites is 1. The molecule has 9 N–H and O–H groups in total. The number of benzene rings is 3. The number of hydrogen-bond acceptors (Lipinski definition) is 9. The second kappa shape index (κ2) is 18.3. The minimum absolute atomic E-state index is 0.00442. The van der Waals surface area contributed by atoms with E-state index in [9.17, 15) is 33.6 Å². The fourth-order valence-corrected chi connectivity index (χ4v) is 8.17. The van der Waals surface area contributed by atoms with E-state index in [1.807, 2.05) is 66.7 Å². The fourth-order valence-electron chi connectivity index (χ4n) is 5.83. The highest BCUT2D eigenvalue weighted by atomic mass is 33.1. The van der Waals surface area contributed by atoms with Gasteiger partial charge in [-0.05, 0) is 28.0 Å². The Hall–Kier alpha value is -5.55. The van der Waals surface area contributed by atoms with Crippen molar-refractivity contribution >= 4 is 84.6 Å². The summed E-state index contributed by atoms with van der Waals surface area (Å²) in [6.07, 6.45) is 1.82. The number of aromatic nitrogens is 1. The molecule has 3 aromatic carbocycles. The third kappa shape index (κ3) is 10.7. The molecule has 0 spiro atoms. The molecule has 5 rings (SSSR count). The Kier molecular flexibility index (Phi) is 13.3. The van der Waals surface area contributed by atoms with Gasteiger partial charge in [0, 0.05) is 48.4 Å². The summed E-state index contributed by atoms with van der Waals surface area (Å²) in [6.45, 7) is 0.201. The van der Waals surface area contributed by atoms with Gasteiger partial charge >= 0.3 is 0 Å². The van der Waals surface area contributed by atoms with Gasteiger partial charge in [0.25, 0.3) is 0 Å². The number of nitrogens with one attached hydrogen (secondary N) is 7. The van der Waals surface area contributed by atoms with E-state index in [-0.39, 0.29) is 24.3 Å². The normalized spacial score (nSPS) is 21.4. The van der Waals surface area contributed by atoms with Crippen molar-refractivity contribution in [3.63, 3.8) is 0 Å². The predicted molar refractivity (Wildman–Crippen MR) is 203 cm³/mol. The molecule has 2 heterocycles. The van der Waals surface area contributed by atoms with Crippen LogP contribution in [0.2, 0.25) is 0 Å². The first-order valence-corrected chi connectivity index (χ1v) is 19.2. The van der Waals surface area contributed by atoms with E-state index < -0.39 is 78.6 Å². The highest BCUT2D eigenvalue weighted by Gasteiger charge is 2.29. The first kappa shape index (κ1) is 38.7. The molecule has 1 fully saturated rings. The lowest BCUT2D eigenvalue weighted by molar-refractivity contribution is -0.132. The van der Waals surface area contributed by atoms with Crippen LogP contribution in [-0.4, -0.2) is 95.1 Å². The highest BCUT2D eigenvalue weighted by Crippen LogP contribution is 2.24. The number of amides is 7. The highest BCUT2D eigenvalue weighted by molar-refractivity contribution is 8.76. The number of carbonyl (C=O) groups excluding carboxylic acids is 7. The average molecular weight is 761 g/mol. The first-order valence-electron chi connectivity index (χ1n) is 16.8. The zero-order valence-corrected chi connectivity index (χ0v) is 30.4. The van der Waals surface area contributed by atoms with Gasteiger partial charge in [-0.3, -0.25) is 33.6 Å². The van der Waals surface area contributed by atoms with Crippen molar-refractivity contribution in [2.45, 2.75) is 43.9 Å². The third-order valence-corrected chi connectivity index (χ3v) is 10.9. The van der Waals surface area contributed by atoms with E-state index in [1.54, 1.807) is 6.20 Å². The van der Waals surface area contributed by atoms with Gasteiger partial charge < -0.3 is 42.6 Å². The molecule has 0 radical (unpaired) electrons. The molecule has 3 unspecified atom stereocenters. The van der Waals surface area contributed by atoms with Crippen molar-refractivity contribution in [1.82, 2.24) is 36.9 Å². The Bertz CT molecular complexity index is 2020. The molecular weight excluding hydrogens is 721 g/mol. The molecule has 1 aromatic heterocycles. The van der Waals surface area contributed by atoms with Crippen LogP contribution >= 0.6 is 21.6 Å². The van der Waals surface area contributed by atoms with Gasteiger partial charge in [0.15, 0.2) is 0 Å². The van der Waals surface area contributed by atoms with E-state index in [4.69, 9.17) is 5.73 Å². The van der Waals surface area contributed by atoms with Crippen LogP contribution in [0.5, 0.6) is 0 Å². The summed E-state index contributed by atoms with van der Waals surface area (Å²) in [5.41, 5.74) is 7.93. The summed E-state index contributed by atoms with van der Waals surface area (Å²) in [4.78, 5) is 94.4. The molecule has 53 heavy (non-hydrogen) atoms. The lowest BCUT2D eigenvalue weighted by Crippen LogP contribution is -2.56. The van der Waals surface area contributed by atoms with Gasteiger partial charge in [0.2, 0.25) is 41.4 Å². The van der Waals surface area contributed by atoms with Crippen LogP contribution < -0.4 is 37.6 Å². The average Bonchev–Trinajstić information content (AvgIpc) is 3.55. The molecule has 17 heteroatoms. The standard InChI is InChI=1S/C36H40N8O7S2/c1-20(45)41-30-19-53-52-18-29(33(37)48)44-36(51)28(14-23-15-38-26-12-5-4-11-25(23)26)43-32(47)16-39-34(49)27(42-31(46)17-40-35(30)50)13-22-9-6-8-21-7-2-3-10-24(21)22/h2-12,15,27-30,38H,13-14,16-19H2,1H3,(H2,37,48)(H,39,49)(H,40,50)(H,41,45)(H,42,46)(H,43,47)(H,44,51)/t27?,28-,29?,30?/m0/s1. The third-order valence-electron chi connectivity index (χ3n) is 8.46. The zero-order chi connectivity index (χ0) is 37.9. The van der Waals surface area contributed by atoms with Crippen LogP contribution in [0.1, 0.15) is 18.1 Å². The van der Waals surface area contributed by atoms with E-state index in [0.29, 0.717) is 0 Å². The van der Waals surface area contributed by atoms with Crippen LogP contribution in [0.15, 0.2) is 72.9 Å². The maximum Gasteiger partial charge on any atom is 0.243 e. The van der Waals surface area contributed by atoms with Gasteiger partial charge in [0.05, 0.1) is 13.1 Å². The summed E-state index contributed by atoms with van der Waals surface area (Å²) in [5.74, 6) is -4.64. The molecule has 1 aliphatic heterocycles. The van der Waals surface area contributed by atoms with Gasteiger partial charge in [-0.1, -0.05) is 82.3 Å². The van der Waals surface area contributed by atoms with Crippen LogP contribution in [-0.2, 0) is 46.4 Å². The van der Waals surface area contributed by atoms with Crippen molar-refractivity contribution in [3.8, 4) is 0 Å². The number of primary amides is 1. The van der Waals surface area contributed by atoms with Crippen molar-refractivity contribution in [2.75, 3.05) is 24.6 Å². The van der Waals surface area contributed by atoms with E-state index in [0.717, 1.165) is 54.4 Å². The largest absolute Gasteiger partial charge is 0.368 e. The van der Waals surface area contributed by atoms with Gasteiger partial charge in [-0.25, -0.2) is 0 Å². The lowest BCUT2D eigenvalue weighted by Gasteiger charge is -2.23. The topological polar surface area (TPSA) is 233 Å². The Morgan fingerprint density at radius 1 is 0.717 bits per heavy atom. The summed E-state index contributed by atoms with van der Waals surface area (Å²) in [6, 6.07) is 16.0.